The fraction of sp³-hybridized carbons (Fsp3) is 0.692. The SMILES string of the molecule is CN1CCC(N(C)S(=O)(=O)c2ccc(CCN)s2)CC1. The molecule has 0 spiro atoms. The zero-order valence-electron chi connectivity index (χ0n) is 12.1. The summed E-state index contributed by atoms with van der Waals surface area (Å²) < 4.78 is 27.2. The Labute approximate surface area is 125 Å². The Morgan fingerprint density at radius 3 is 2.65 bits per heavy atom. The highest BCUT2D eigenvalue weighted by atomic mass is 32.2. The summed E-state index contributed by atoms with van der Waals surface area (Å²) in [4.78, 5) is 3.27. The average molecular weight is 317 g/mol. The lowest BCUT2D eigenvalue weighted by molar-refractivity contribution is 0.198. The highest BCUT2D eigenvalue weighted by Crippen LogP contribution is 2.27. The molecule has 0 bridgehead atoms. The van der Waals surface area contributed by atoms with Crippen molar-refractivity contribution in [3.05, 3.63) is 17.0 Å². The van der Waals surface area contributed by atoms with Crippen molar-refractivity contribution >= 4 is 21.4 Å². The Kier molecular flexibility index (Phi) is 5.19. The van der Waals surface area contributed by atoms with E-state index >= 15 is 0 Å². The lowest BCUT2D eigenvalue weighted by Gasteiger charge is -2.34. The fourth-order valence-electron chi connectivity index (χ4n) is 2.47. The van der Waals surface area contributed by atoms with Gasteiger partial charge in [-0.15, -0.1) is 11.3 Å². The van der Waals surface area contributed by atoms with Gasteiger partial charge in [-0.1, -0.05) is 0 Å². The van der Waals surface area contributed by atoms with E-state index in [1.165, 1.54) is 11.3 Å². The molecule has 2 rings (SSSR count). The molecule has 0 atom stereocenters. The summed E-state index contributed by atoms with van der Waals surface area (Å²) in [6, 6.07) is 3.68. The van der Waals surface area contributed by atoms with Crippen molar-refractivity contribution in [2.75, 3.05) is 33.7 Å². The van der Waals surface area contributed by atoms with Gasteiger partial charge in [0.2, 0.25) is 0 Å². The Morgan fingerprint density at radius 2 is 2.05 bits per heavy atom. The smallest absolute Gasteiger partial charge is 0.252 e. The average Bonchev–Trinajstić information content (AvgIpc) is 2.88. The first kappa shape index (κ1) is 15.9. The number of nitrogens with two attached hydrogens (primary N) is 1. The molecule has 1 aliphatic heterocycles. The Hall–Kier alpha value is -0.470. The van der Waals surface area contributed by atoms with E-state index < -0.39 is 10.0 Å². The number of likely N-dealkylation sites (tertiary alicyclic amines) is 1. The van der Waals surface area contributed by atoms with Gasteiger partial charge in [-0.05, 0) is 58.1 Å². The molecule has 2 N–H and O–H groups in total. The normalized spacial score (nSPS) is 18.8. The van der Waals surface area contributed by atoms with Crippen molar-refractivity contribution in [3.63, 3.8) is 0 Å². The van der Waals surface area contributed by atoms with Crippen LogP contribution in [0.25, 0.3) is 0 Å². The van der Waals surface area contributed by atoms with Crippen molar-refractivity contribution in [3.8, 4) is 0 Å². The molecule has 1 aliphatic rings. The van der Waals surface area contributed by atoms with E-state index in [1.807, 2.05) is 6.07 Å². The molecule has 0 saturated carbocycles. The Morgan fingerprint density at radius 1 is 1.40 bits per heavy atom. The molecule has 0 amide bonds. The van der Waals surface area contributed by atoms with Crippen LogP contribution in [0.1, 0.15) is 17.7 Å². The van der Waals surface area contributed by atoms with Gasteiger partial charge in [0, 0.05) is 18.0 Å². The Balaban J connectivity index is 2.12. The molecule has 7 heteroatoms. The molecule has 1 aromatic heterocycles. The molecule has 1 fully saturated rings. The molecule has 114 valence electrons. The Bertz CT molecular complexity index is 534. The van der Waals surface area contributed by atoms with Crippen LogP contribution in [0.3, 0.4) is 0 Å². The second-order valence-corrected chi connectivity index (χ2v) is 8.71. The lowest BCUT2D eigenvalue weighted by Crippen LogP contribution is -2.44. The second-order valence-electron chi connectivity index (χ2n) is 5.32. The fourth-order valence-corrected chi connectivity index (χ4v) is 5.44. The van der Waals surface area contributed by atoms with Gasteiger partial charge in [0.1, 0.15) is 4.21 Å². The maximum atomic E-state index is 12.6. The van der Waals surface area contributed by atoms with Crippen molar-refractivity contribution in [2.45, 2.75) is 29.5 Å². The molecule has 0 unspecified atom stereocenters. The van der Waals surface area contributed by atoms with Crippen LogP contribution in [0.4, 0.5) is 0 Å². The molecular weight excluding hydrogens is 294 g/mol. The van der Waals surface area contributed by atoms with E-state index in [0.29, 0.717) is 10.8 Å². The molecule has 0 radical (unpaired) electrons. The largest absolute Gasteiger partial charge is 0.330 e. The topological polar surface area (TPSA) is 66.6 Å². The minimum absolute atomic E-state index is 0.108. The number of piperidine rings is 1. The predicted octanol–water partition coefficient (Wildman–Crippen LogP) is 0.964. The molecule has 0 aliphatic carbocycles. The molecule has 20 heavy (non-hydrogen) atoms. The predicted molar refractivity (Wildman–Crippen MR) is 82.5 cm³/mol. The van der Waals surface area contributed by atoms with Crippen LogP contribution in [0.2, 0.25) is 0 Å². The third-order valence-electron chi connectivity index (χ3n) is 3.86. The third-order valence-corrected chi connectivity index (χ3v) is 7.39. The molecule has 1 aromatic rings. The maximum absolute atomic E-state index is 12.6. The first-order valence-corrected chi connectivity index (χ1v) is 9.16. The quantitative estimate of drug-likeness (QED) is 0.878. The number of hydrogen-bond donors (Lipinski definition) is 1. The van der Waals surface area contributed by atoms with E-state index in [2.05, 4.69) is 11.9 Å². The first-order valence-electron chi connectivity index (χ1n) is 6.90. The van der Waals surface area contributed by atoms with Gasteiger partial charge in [-0.25, -0.2) is 8.42 Å². The lowest BCUT2D eigenvalue weighted by atomic mass is 10.1. The van der Waals surface area contributed by atoms with Crippen LogP contribution in [-0.4, -0.2) is 57.4 Å². The summed E-state index contributed by atoms with van der Waals surface area (Å²) in [6.45, 7) is 2.45. The van der Waals surface area contributed by atoms with Crippen LogP contribution in [0.15, 0.2) is 16.3 Å². The number of thiophene rings is 1. The minimum atomic E-state index is -3.36. The third kappa shape index (κ3) is 3.40. The van der Waals surface area contributed by atoms with E-state index in [9.17, 15) is 8.42 Å². The van der Waals surface area contributed by atoms with Gasteiger partial charge >= 0.3 is 0 Å². The van der Waals surface area contributed by atoms with Gasteiger partial charge in [0.25, 0.3) is 10.0 Å². The second kappa shape index (κ2) is 6.53. The van der Waals surface area contributed by atoms with Crippen molar-refractivity contribution in [1.82, 2.24) is 9.21 Å². The van der Waals surface area contributed by atoms with Crippen molar-refractivity contribution in [2.24, 2.45) is 5.73 Å². The maximum Gasteiger partial charge on any atom is 0.252 e. The highest BCUT2D eigenvalue weighted by molar-refractivity contribution is 7.91. The number of nitrogens with zero attached hydrogens (tertiary/aromatic N) is 2. The van der Waals surface area contributed by atoms with E-state index in [1.54, 1.807) is 17.4 Å². The van der Waals surface area contributed by atoms with Crippen LogP contribution in [0.5, 0.6) is 0 Å². The van der Waals surface area contributed by atoms with Gasteiger partial charge in [0.05, 0.1) is 0 Å². The number of hydrogen-bond acceptors (Lipinski definition) is 5. The summed E-state index contributed by atoms with van der Waals surface area (Å²) in [5.41, 5.74) is 5.51. The van der Waals surface area contributed by atoms with Crippen LogP contribution >= 0.6 is 11.3 Å². The summed E-state index contributed by atoms with van der Waals surface area (Å²) in [5.74, 6) is 0. The molecule has 0 aromatic carbocycles. The number of rotatable bonds is 5. The van der Waals surface area contributed by atoms with E-state index in [-0.39, 0.29) is 6.04 Å². The molecule has 1 saturated heterocycles. The van der Waals surface area contributed by atoms with Crippen LogP contribution in [0, 0.1) is 0 Å². The van der Waals surface area contributed by atoms with Gasteiger partial charge in [-0.3, -0.25) is 0 Å². The van der Waals surface area contributed by atoms with Gasteiger partial charge < -0.3 is 10.6 Å². The van der Waals surface area contributed by atoms with Gasteiger partial charge in [-0.2, -0.15) is 4.31 Å². The summed E-state index contributed by atoms with van der Waals surface area (Å²) in [6.07, 6.45) is 2.53. The standard InChI is InChI=1S/C13H23N3O2S2/c1-15-9-6-11(7-10-15)16(2)20(17,18)13-4-3-12(19-13)5-8-14/h3-4,11H,5-10,14H2,1-2H3. The summed E-state index contributed by atoms with van der Waals surface area (Å²) in [5, 5.41) is 0. The molecular formula is C13H23N3O2S2. The number of sulfonamides is 1. The van der Waals surface area contributed by atoms with Crippen molar-refractivity contribution in [1.29, 1.82) is 0 Å². The van der Waals surface area contributed by atoms with Crippen LogP contribution in [-0.2, 0) is 16.4 Å². The first-order chi connectivity index (χ1) is 9.45. The zero-order valence-corrected chi connectivity index (χ0v) is 13.7. The van der Waals surface area contributed by atoms with Crippen LogP contribution < -0.4 is 5.73 Å². The van der Waals surface area contributed by atoms with Gasteiger partial charge in [0.15, 0.2) is 0 Å². The monoisotopic (exact) mass is 317 g/mol. The highest BCUT2D eigenvalue weighted by Gasteiger charge is 2.31. The molecule has 5 nitrogen and oxygen atoms in total. The summed E-state index contributed by atoms with van der Waals surface area (Å²) in [7, 11) is 0.413. The van der Waals surface area contributed by atoms with Crippen molar-refractivity contribution < 1.29 is 8.42 Å². The molecule has 2 heterocycles. The summed E-state index contributed by atoms with van der Waals surface area (Å²) >= 11 is 1.34. The van der Waals surface area contributed by atoms with E-state index in [4.69, 9.17) is 5.73 Å². The minimum Gasteiger partial charge on any atom is -0.330 e. The van der Waals surface area contributed by atoms with E-state index in [0.717, 1.165) is 37.2 Å². The zero-order chi connectivity index (χ0) is 14.8.